The maximum absolute atomic E-state index is 11.0. The molecule has 0 heterocycles. The van der Waals surface area contributed by atoms with Gasteiger partial charge < -0.3 is 10.2 Å². The van der Waals surface area contributed by atoms with Crippen LogP contribution in [0.15, 0.2) is 30.9 Å². The molecule has 0 aromatic heterocycles. The highest BCUT2D eigenvalue weighted by molar-refractivity contribution is 9.09. The lowest BCUT2D eigenvalue weighted by molar-refractivity contribution is -0.0812. The Kier molecular flexibility index (Phi) is 5.70. The topological polar surface area (TPSA) is 40.5 Å². The van der Waals surface area contributed by atoms with Crippen LogP contribution in [-0.2, 0) is 6.42 Å². The van der Waals surface area contributed by atoms with Gasteiger partial charge in [0.2, 0.25) is 0 Å². The summed E-state index contributed by atoms with van der Waals surface area (Å²) in [6.45, 7) is 6.73. The number of allylic oxidation sites excluding steroid dienone is 1. The average Bonchev–Trinajstić information content (AvgIpc) is 2.99. The van der Waals surface area contributed by atoms with E-state index in [9.17, 15) is 10.2 Å². The van der Waals surface area contributed by atoms with Gasteiger partial charge in [-0.25, -0.2) is 0 Å². The van der Waals surface area contributed by atoms with Crippen LogP contribution in [0.3, 0.4) is 0 Å². The number of aliphatic hydroxyl groups is 1. The number of alkyl halides is 1. The second kappa shape index (κ2) is 7.80. The van der Waals surface area contributed by atoms with Crippen molar-refractivity contribution in [2.45, 2.75) is 76.7 Å². The summed E-state index contributed by atoms with van der Waals surface area (Å²) in [5.74, 6) is 1.95. The first-order valence-electron chi connectivity index (χ1n) is 11.2. The first-order chi connectivity index (χ1) is 13.5. The van der Waals surface area contributed by atoms with Crippen molar-refractivity contribution < 1.29 is 10.2 Å². The van der Waals surface area contributed by atoms with Gasteiger partial charge in [-0.05, 0) is 96.8 Å². The Morgan fingerprint density at radius 3 is 2.82 bits per heavy atom. The molecule has 0 unspecified atom stereocenters. The van der Waals surface area contributed by atoms with Crippen LogP contribution in [-0.4, -0.2) is 21.6 Å². The minimum atomic E-state index is -0.179. The zero-order valence-electron chi connectivity index (χ0n) is 17.2. The van der Waals surface area contributed by atoms with Gasteiger partial charge in [0, 0.05) is 5.33 Å². The molecule has 0 radical (unpaired) electrons. The molecule has 3 aliphatic rings. The number of phenolic OH excluding ortho intramolecular Hbond substituents is 1. The van der Waals surface area contributed by atoms with Gasteiger partial charge in [-0.1, -0.05) is 47.8 Å². The van der Waals surface area contributed by atoms with Crippen molar-refractivity contribution in [1.82, 2.24) is 0 Å². The number of aryl methyl sites for hydroxylation is 1. The van der Waals surface area contributed by atoms with Crippen LogP contribution in [0.5, 0.6) is 5.75 Å². The fraction of sp³-hybridized carbons (Fsp3) is 0.680. The molecule has 4 rings (SSSR count). The van der Waals surface area contributed by atoms with Crippen molar-refractivity contribution in [1.29, 1.82) is 0 Å². The van der Waals surface area contributed by atoms with E-state index in [4.69, 9.17) is 0 Å². The summed E-state index contributed by atoms with van der Waals surface area (Å²) in [4.78, 5) is 0. The third-order valence-corrected chi connectivity index (χ3v) is 9.13. The van der Waals surface area contributed by atoms with Crippen molar-refractivity contribution in [2.24, 2.45) is 22.7 Å². The molecule has 0 aliphatic heterocycles. The second-order valence-corrected chi connectivity index (χ2v) is 10.6. The lowest BCUT2D eigenvalue weighted by Gasteiger charge is -2.60. The van der Waals surface area contributed by atoms with E-state index >= 15 is 0 Å². The predicted octanol–water partition coefficient (Wildman–Crippen LogP) is 6.35. The van der Waals surface area contributed by atoms with Crippen LogP contribution in [0.1, 0.15) is 75.3 Å². The fourth-order valence-electron chi connectivity index (χ4n) is 7.37. The Morgan fingerprint density at radius 2 is 2.07 bits per heavy atom. The number of phenols is 1. The molecule has 2 nitrogen and oxygen atoms in total. The number of hydrogen-bond acceptors (Lipinski definition) is 2. The number of fused-ring (bicyclic) bond motifs is 5. The second-order valence-electron chi connectivity index (χ2n) is 9.83. The minimum absolute atomic E-state index is 0.0131. The van der Waals surface area contributed by atoms with E-state index in [1.807, 2.05) is 12.1 Å². The molecular weight excluding hydrogens is 412 g/mol. The van der Waals surface area contributed by atoms with Crippen molar-refractivity contribution in [3.05, 3.63) is 42.0 Å². The van der Waals surface area contributed by atoms with Gasteiger partial charge in [-0.15, -0.1) is 6.58 Å². The first-order valence-corrected chi connectivity index (χ1v) is 12.3. The summed E-state index contributed by atoms with van der Waals surface area (Å²) < 4.78 is 0. The highest BCUT2D eigenvalue weighted by atomic mass is 79.9. The molecule has 1 aromatic rings. The molecule has 0 bridgehead atoms. The van der Waals surface area contributed by atoms with E-state index in [0.29, 0.717) is 23.5 Å². The Balaban J connectivity index is 1.76. The lowest BCUT2D eigenvalue weighted by Crippen LogP contribution is -2.54. The van der Waals surface area contributed by atoms with Crippen molar-refractivity contribution in [3.8, 4) is 5.75 Å². The maximum atomic E-state index is 11.0. The van der Waals surface area contributed by atoms with Gasteiger partial charge >= 0.3 is 0 Å². The number of aromatic hydroxyl groups is 1. The lowest BCUT2D eigenvalue weighted by atomic mass is 9.44. The van der Waals surface area contributed by atoms with E-state index in [-0.39, 0.29) is 16.9 Å². The Labute approximate surface area is 178 Å². The summed E-state index contributed by atoms with van der Waals surface area (Å²) in [5, 5.41) is 22.1. The van der Waals surface area contributed by atoms with E-state index in [0.717, 1.165) is 37.4 Å². The Bertz CT molecular complexity index is 731. The van der Waals surface area contributed by atoms with E-state index in [2.05, 4.69) is 41.6 Å². The van der Waals surface area contributed by atoms with Crippen LogP contribution in [0.25, 0.3) is 0 Å². The summed E-state index contributed by atoms with van der Waals surface area (Å²) in [6, 6.07) is 6.05. The predicted molar refractivity (Wildman–Crippen MR) is 119 cm³/mol. The normalized spacial score (nSPS) is 39.1. The molecule has 3 aliphatic carbocycles. The number of benzene rings is 1. The van der Waals surface area contributed by atoms with Crippen LogP contribution in [0.4, 0.5) is 0 Å². The highest BCUT2D eigenvalue weighted by Gasteiger charge is 2.63. The molecular formula is C25H35BrO2. The van der Waals surface area contributed by atoms with Crippen molar-refractivity contribution in [2.75, 3.05) is 5.33 Å². The molecule has 2 saturated carbocycles. The summed E-state index contributed by atoms with van der Waals surface area (Å²) >= 11 is 3.56. The zero-order chi connectivity index (χ0) is 19.9. The standard InChI is InChI=1S/C25H35BrO2/c1-3-25-13-12-17-15-19(27)8-9-20(17)23(25)18(7-5-4-6-14-26)16-24(2)21(25)10-11-22(24)28/h3,8-9,15,18,21-23,27-28H,1,4-7,10-14,16H2,2H3/t18-,21+,22-,23+,24-,25-/m0/s1. The molecule has 2 N–H and O–H groups in total. The number of aliphatic hydroxyl groups excluding tert-OH is 1. The Morgan fingerprint density at radius 1 is 1.25 bits per heavy atom. The van der Waals surface area contributed by atoms with E-state index in [1.165, 1.54) is 36.8 Å². The van der Waals surface area contributed by atoms with Crippen LogP contribution in [0, 0.1) is 22.7 Å². The molecule has 3 heteroatoms. The monoisotopic (exact) mass is 446 g/mol. The van der Waals surface area contributed by atoms with Crippen LogP contribution in [0.2, 0.25) is 0 Å². The Hall–Kier alpha value is -0.800. The zero-order valence-corrected chi connectivity index (χ0v) is 18.8. The SMILES string of the molecule is C=C[C@@]12CCc3cc(O)ccc3[C@H]1[C@@H](CCCCCBr)C[C@@]1(C)[C@H]2CC[C@@H]1O. The summed E-state index contributed by atoms with van der Waals surface area (Å²) in [6.07, 6.45) is 12.3. The average molecular weight is 447 g/mol. The van der Waals surface area contributed by atoms with Gasteiger partial charge in [-0.2, -0.15) is 0 Å². The molecule has 154 valence electrons. The molecule has 6 atom stereocenters. The van der Waals surface area contributed by atoms with Crippen molar-refractivity contribution >= 4 is 15.9 Å². The molecule has 0 spiro atoms. The quantitative estimate of drug-likeness (QED) is 0.303. The first kappa shape index (κ1) is 20.5. The van der Waals surface area contributed by atoms with Crippen molar-refractivity contribution in [3.63, 3.8) is 0 Å². The van der Waals surface area contributed by atoms with Gasteiger partial charge in [-0.3, -0.25) is 0 Å². The van der Waals surface area contributed by atoms with Gasteiger partial charge in [0.1, 0.15) is 5.75 Å². The largest absolute Gasteiger partial charge is 0.508 e. The molecule has 0 saturated heterocycles. The van der Waals surface area contributed by atoms with Crippen LogP contribution < -0.4 is 0 Å². The molecule has 28 heavy (non-hydrogen) atoms. The summed E-state index contributed by atoms with van der Waals surface area (Å²) in [7, 11) is 0. The van der Waals surface area contributed by atoms with E-state index < -0.39 is 0 Å². The summed E-state index contributed by atoms with van der Waals surface area (Å²) in [5.41, 5.74) is 2.86. The third kappa shape index (κ3) is 3.08. The molecule has 2 fully saturated rings. The van der Waals surface area contributed by atoms with Gasteiger partial charge in [0.25, 0.3) is 0 Å². The maximum Gasteiger partial charge on any atom is 0.115 e. The number of rotatable bonds is 6. The molecule has 1 aromatic carbocycles. The van der Waals surface area contributed by atoms with Crippen LogP contribution >= 0.6 is 15.9 Å². The third-order valence-electron chi connectivity index (χ3n) is 8.56. The number of hydrogen-bond donors (Lipinski definition) is 2. The number of unbranched alkanes of at least 4 members (excludes halogenated alkanes) is 2. The molecule has 0 amide bonds. The number of halogens is 1. The fourth-order valence-corrected chi connectivity index (χ4v) is 7.77. The minimum Gasteiger partial charge on any atom is -0.508 e. The smallest absolute Gasteiger partial charge is 0.115 e. The van der Waals surface area contributed by atoms with Gasteiger partial charge in [0.05, 0.1) is 6.10 Å². The highest BCUT2D eigenvalue weighted by Crippen LogP contribution is 2.69. The van der Waals surface area contributed by atoms with E-state index in [1.54, 1.807) is 0 Å². The van der Waals surface area contributed by atoms with Gasteiger partial charge in [0.15, 0.2) is 0 Å².